The smallest absolute Gasteiger partial charge is 0.481 e. The van der Waals surface area contributed by atoms with E-state index in [1.54, 1.807) is 6.20 Å². The Kier molecular flexibility index (Phi) is 37.2. The maximum atomic E-state index is 13.2. The van der Waals surface area contributed by atoms with Crippen molar-refractivity contribution in [2.45, 2.75) is 313 Å². The van der Waals surface area contributed by atoms with E-state index in [0.29, 0.717) is 109 Å². The zero-order valence-corrected chi connectivity index (χ0v) is 90.6. The van der Waals surface area contributed by atoms with E-state index >= 15 is 0 Å². The van der Waals surface area contributed by atoms with E-state index in [4.69, 9.17) is 49.1 Å². The predicted octanol–water partition coefficient (Wildman–Crippen LogP) is 27.1. The average Bonchev–Trinajstić information content (AvgIpc) is 1.61. The number of thiazole rings is 4. The summed E-state index contributed by atoms with van der Waals surface area (Å²) in [5.74, 6) is -3.32. The SMILES string of the molecule is C.CC1(C)OB(c2ccc3sc(N)nc3c2)OC1(C)C.Cc1cc(CO)ncc1-c1ccc2sc(NC(=O)[C@@H]3C[C@@H]3F)nc2c1.Cc1cc(CO[Si](C(C)C)(C(C)C)C(C)C)ncc1-c1ccc2sc(N)nc2c1.Cc1cc(CO[Si](C(C)C)(C(C)C)C(C)C)ncc1-c1ccc2sc(NC(=O)[C@@H]3C[C@@H]3F)nc2c1.Cc1cc(CO[Si](C(C)C)(C(C)C)C(C)C)ncc1Br.O=C(O)[C@@H]1C[C@@H]1F. The van der Waals surface area contributed by atoms with Gasteiger partial charge in [-0.3, -0.25) is 34.3 Å². The summed E-state index contributed by atoms with van der Waals surface area (Å²) in [6, 6.07) is 32.5. The third-order valence-corrected chi connectivity index (χ3v) is 49.6. The highest BCUT2D eigenvalue weighted by atomic mass is 79.9. The number of nitrogens with one attached hydrogen (secondary N) is 2. The van der Waals surface area contributed by atoms with Gasteiger partial charge in [-0.2, -0.15) is 0 Å². The van der Waals surface area contributed by atoms with E-state index in [1.807, 2.05) is 108 Å². The van der Waals surface area contributed by atoms with Crippen LogP contribution in [-0.4, -0.2) is 130 Å². The fourth-order valence-electron chi connectivity index (χ4n) is 19.0. The van der Waals surface area contributed by atoms with Gasteiger partial charge in [-0.05, 0) is 258 Å². The number of nitrogens with zero attached hydrogens (tertiary/aromatic N) is 8. The van der Waals surface area contributed by atoms with Crippen LogP contribution in [0.15, 0.2) is 126 Å². The number of carboxylic acid groups (broad SMARTS) is 1. The number of carbonyl (C=O) groups is 3. The van der Waals surface area contributed by atoms with Gasteiger partial charge in [0, 0.05) is 46.0 Å². The summed E-state index contributed by atoms with van der Waals surface area (Å²) >= 11 is 9.28. The maximum absolute atomic E-state index is 13.2. The molecular weight excluding hydrogens is 1910 g/mol. The summed E-state index contributed by atoms with van der Waals surface area (Å²) in [7, 11) is -5.99. The van der Waals surface area contributed by atoms with Gasteiger partial charge in [0.2, 0.25) is 36.8 Å². The number of anilines is 4. The Labute approximate surface area is 829 Å². The van der Waals surface area contributed by atoms with Gasteiger partial charge in [0.15, 0.2) is 20.5 Å². The highest BCUT2D eigenvalue weighted by Crippen LogP contribution is 2.48. The molecule has 1 aliphatic heterocycles. The molecule has 1 saturated heterocycles. The number of carboxylic acids is 1. The van der Waals surface area contributed by atoms with Gasteiger partial charge >= 0.3 is 13.1 Å². The van der Waals surface area contributed by atoms with Crippen molar-refractivity contribution in [2.75, 3.05) is 22.1 Å². The average molecular weight is 2050 g/mol. The van der Waals surface area contributed by atoms with E-state index in [2.05, 4.69) is 244 Å². The molecule has 6 atom stereocenters. The topological polar surface area (TPSA) is 317 Å². The van der Waals surface area contributed by atoms with Gasteiger partial charge in [-0.15, -0.1) is 0 Å². The quantitative estimate of drug-likeness (QED) is 0.0248. The van der Waals surface area contributed by atoms with Crippen molar-refractivity contribution in [3.05, 3.63) is 171 Å². The van der Waals surface area contributed by atoms with Crippen molar-refractivity contribution in [1.82, 2.24) is 39.9 Å². The molecule has 12 aromatic rings. The molecule has 734 valence electrons. The van der Waals surface area contributed by atoms with Gasteiger partial charge in [-0.1, -0.05) is 202 Å². The van der Waals surface area contributed by atoms with Crippen molar-refractivity contribution in [1.29, 1.82) is 0 Å². The lowest BCUT2D eigenvalue weighted by Gasteiger charge is -2.42. The second-order valence-electron chi connectivity index (χ2n) is 39.8. The van der Waals surface area contributed by atoms with Crippen molar-refractivity contribution in [3.8, 4) is 33.4 Å². The minimum Gasteiger partial charge on any atom is -0.481 e. The van der Waals surface area contributed by atoms with E-state index in [0.717, 1.165) is 112 Å². The number of amides is 2. The number of hydrogen-bond acceptors (Lipinski definition) is 23. The van der Waals surface area contributed by atoms with E-state index < -0.39 is 67.2 Å². The number of aliphatic hydroxyl groups excluding tert-OH is 1. The highest BCUT2D eigenvalue weighted by Gasteiger charge is 2.53. The first kappa shape index (κ1) is 110. The Morgan fingerprint density at radius 1 is 0.449 bits per heavy atom. The van der Waals surface area contributed by atoms with Gasteiger partial charge in [0.25, 0.3) is 0 Å². The van der Waals surface area contributed by atoms with Crippen LogP contribution < -0.4 is 27.6 Å². The van der Waals surface area contributed by atoms with E-state index in [1.165, 1.54) is 56.5 Å². The second-order valence-corrected chi connectivity index (χ2v) is 61.2. The number of nitrogen functional groups attached to an aromatic ring is 2. The summed E-state index contributed by atoms with van der Waals surface area (Å²) < 4.78 is 75.0. The van der Waals surface area contributed by atoms with Gasteiger partial charge in [0.1, 0.15) is 18.5 Å². The molecule has 9 heterocycles. The summed E-state index contributed by atoms with van der Waals surface area (Å²) in [6.45, 7) is 59.7. The summed E-state index contributed by atoms with van der Waals surface area (Å²) in [6.07, 6.45) is 5.24. The number of aliphatic carboxylic acids is 1. The van der Waals surface area contributed by atoms with Crippen LogP contribution in [0.25, 0.3) is 74.2 Å². The standard InChI is InChI=1S/C27H36FN3O2SSi.C23H33N3OSSi.C18H16FN3O2S.C16H28BrNOSi.C13H17BN2O2S.C4H5FO2.CH4/c1-15(2)35(16(3)4,17(5)6)33-14-20-10-18(7)22(13-29-20)19-8-9-25-24(11-19)30-27(34-25)31-26(32)21-12-23(21)28;1-14(2)29(15(3)4,16(5)6)27-13-19-10-17(7)20(12-25-19)18-8-9-22-21(11-18)26-23(24)28-22;1-9-4-11(8-23)20-7-13(9)10-2-3-16-15(5-10)21-18(25-16)22-17(24)12-6-14(12)19;1-11(2)20(12(3)4,13(5)6)19-10-15-8-14(7)16(17)9-18-15;1-12(2)13(3,4)18-14(17-12)8-5-6-10-9(7-8)16-11(15)19-10;5-3-1-2(3)4(6)7;/h8-11,13,15-17,21,23H,12,14H2,1-7H3,(H,30,31,32);8-12,14-16H,13H2,1-7H3,(H2,24,26);2-5,7,12,14,23H,6,8H2,1H3,(H,21,22,24);8-9,11-13H,10H2,1-7H3;5-7H,1-4H3,(H2,15,16);2-3H,1H2,(H,6,7);1H4/t21-,23+;;12-,14+;;;2-,3+;/m1.1..1./s1. The first-order chi connectivity index (χ1) is 63.4. The number of halogens is 4. The number of pyridine rings is 4. The van der Waals surface area contributed by atoms with Gasteiger partial charge in [0.05, 0.1) is 119 Å². The van der Waals surface area contributed by atoms with Crippen LogP contribution in [0.2, 0.25) is 49.9 Å². The minimum atomic E-state index is -1.95. The molecule has 0 spiro atoms. The number of carbonyl (C=O) groups excluding carboxylic acids is 2. The predicted molar refractivity (Wildman–Crippen MR) is 568 cm³/mol. The van der Waals surface area contributed by atoms with Crippen molar-refractivity contribution >= 4 is 178 Å². The molecule has 0 unspecified atom stereocenters. The molecule has 4 fully saturated rings. The molecule has 4 aromatic carbocycles. The monoisotopic (exact) mass is 2050 g/mol. The number of alkyl halides is 3. The lowest BCUT2D eigenvalue weighted by molar-refractivity contribution is -0.139. The normalized spacial score (nSPS) is 17.7. The van der Waals surface area contributed by atoms with Crippen LogP contribution in [0.3, 0.4) is 0 Å². The Morgan fingerprint density at radius 3 is 1.03 bits per heavy atom. The number of nitrogens with two attached hydrogens (primary N) is 2. The molecule has 0 radical (unpaired) electrons. The van der Waals surface area contributed by atoms with Crippen LogP contribution >= 0.6 is 61.3 Å². The Hall–Kier alpha value is -8.20. The number of benzene rings is 4. The third kappa shape index (κ3) is 25.9. The van der Waals surface area contributed by atoms with Crippen LogP contribution in [0.4, 0.5) is 33.7 Å². The summed E-state index contributed by atoms with van der Waals surface area (Å²) in [5.41, 5.74) is 34.9. The molecule has 4 aliphatic rings. The number of fused-ring (bicyclic) bond motifs is 4. The molecule has 2 amide bonds. The number of aromatic nitrogens is 8. The zero-order chi connectivity index (χ0) is 99.2. The van der Waals surface area contributed by atoms with Crippen molar-refractivity contribution in [2.24, 2.45) is 17.8 Å². The molecule has 16 rings (SSSR count). The number of aryl methyl sites for hydroxylation is 4. The molecule has 3 saturated carbocycles. The first-order valence-electron chi connectivity index (χ1n) is 46.7. The van der Waals surface area contributed by atoms with Crippen LogP contribution in [0, 0.1) is 45.4 Å². The zero-order valence-electron chi connectivity index (χ0n) is 82.8. The lowest BCUT2D eigenvalue weighted by atomic mass is 9.79. The maximum Gasteiger partial charge on any atom is 0.494 e. The fourth-order valence-corrected chi connectivity index (χ4v) is 38.5. The van der Waals surface area contributed by atoms with Crippen molar-refractivity contribution < 1.29 is 60.4 Å². The fraction of sp³-hybridized carbons (Fsp3) is 0.500. The Morgan fingerprint density at radius 2 is 0.735 bits per heavy atom. The van der Waals surface area contributed by atoms with Gasteiger partial charge < -0.3 is 54.9 Å². The van der Waals surface area contributed by atoms with Crippen LogP contribution in [0.1, 0.15) is 224 Å². The lowest BCUT2D eigenvalue weighted by Crippen LogP contribution is -2.47. The molecule has 3 aliphatic carbocycles. The molecule has 8 aromatic heterocycles. The summed E-state index contributed by atoms with van der Waals surface area (Å²) in [4.78, 5) is 69.5. The largest absolute Gasteiger partial charge is 0.494 e. The third-order valence-electron chi connectivity index (χ3n) is 27.0. The Balaban J connectivity index is 0.000000175. The number of rotatable bonds is 28. The molecule has 136 heavy (non-hydrogen) atoms. The number of aliphatic hydroxyl groups is 1. The first-order valence-corrected chi connectivity index (χ1v) is 57.2. The minimum absolute atomic E-state index is 0. The van der Waals surface area contributed by atoms with Crippen LogP contribution in [-0.2, 0) is 63.4 Å². The molecular formula is C102H139BBrF3N12O10S4Si3. The Bertz CT molecular complexity index is 6080. The van der Waals surface area contributed by atoms with Crippen molar-refractivity contribution in [3.63, 3.8) is 0 Å². The second kappa shape index (κ2) is 46.0. The van der Waals surface area contributed by atoms with E-state index in [9.17, 15) is 32.7 Å². The highest BCUT2D eigenvalue weighted by molar-refractivity contribution is 9.10. The molecule has 8 N–H and O–H groups in total. The van der Waals surface area contributed by atoms with E-state index in [-0.39, 0.29) is 50.6 Å². The molecule has 0 bridgehead atoms. The molecule has 22 nitrogen and oxygen atoms in total. The summed E-state index contributed by atoms with van der Waals surface area (Å²) in [5, 5.41) is 24.8. The van der Waals surface area contributed by atoms with Crippen LogP contribution in [0.5, 0.6) is 0 Å². The van der Waals surface area contributed by atoms with Gasteiger partial charge in [-0.25, -0.2) is 33.1 Å². The molecule has 34 heteroatoms. The number of hydrogen-bond donors (Lipinski definition) is 6.